The molecule has 138 valence electrons. The SMILES string of the molecule is Cc1nc2c3ccccc3nn2c(C)c1CCC(=O)Nc1ccc(C#N)cc1. The number of anilines is 1. The number of carbonyl (C=O) groups excluding carboxylic acids is 1. The number of amides is 1. The second-order valence-electron chi connectivity index (χ2n) is 6.75. The van der Waals surface area contributed by atoms with E-state index in [2.05, 4.69) is 16.5 Å². The zero-order valence-corrected chi connectivity index (χ0v) is 15.7. The van der Waals surface area contributed by atoms with E-state index in [1.54, 1.807) is 24.3 Å². The van der Waals surface area contributed by atoms with Gasteiger partial charge in [0.2, 0.25) is 5.91 Å². The smallest absolute Gasteiger partial charge is 0.224 e. The van der Waals surface area contributed by atoms with Crippen LogP contribution in [0.2, 0.25) is 0 Å². The summed E-state index contributed by atoms with van der Waals surface area (Å²) in [5.41, 5.74) is 5.96. The van der Waals surface area contributed by atoms with Crippen LogP contribution in [-0.4, -0.2) is 20.5 Å². The van der Waals surface area contributed by atoms with E-state index in [9.17, 15) is 4.79 Å². The van der Waals surface area contributed by atoms with Crippen molar-refractivity contribution in [1.29, 1.82) is 5.26 Å². The van der Waals surface area contributed by atoms with Crippen LogP contribution in [0.1, 0.15) is 28.9 Å². The van der Waals surface area contributed by atoms with Gasteiger partial charge in [0.25, 0.3) is 0 Å². The molecule has 2 heterocycles. The molecule has 6 nitrogen and oxygen atoms in total. The van der Waals surface area contributed by atoms with Crippen molar-refractivity contribution in [3.05, 3.63) is 71.0 Å². The topological polar surface area (TPSA) is 83.1 Å². The number of nitrogens with one attached hydrogen (secondary N) is 1. The standard InChI is InChI=1S/C22H19N5O/c1-14-18(11-12-21(28)25-17-9-7-16(13-23)8-10-17)15(2)27-22(24-14)19-5-3-4-6-20(19)26-27/h3-10H,11-12H2,1-2H3,(H,25,28). The Hall–Kier alpha value is -3.72. The molecule has 1 N–H and O–H groups in total. The lowest BCUT2D eigenvalue weighted by atomic mass is 10.1. The fourth-order valence-corrected chi connectivity index (χ4v) is 3.43. The Labute approximate surface area is 162 Å². The average molecular weight is 369 g/mol. The second kappa shape index (κ2) is 7.12. The maximum Gasteiger partial charge on any atom is 0.224 e. The predicted octanol–water partition coefficient (Wildman–Crippen LogP) is 3.94. The Morgan fingerprint density at radius 3 is 2.64 bits per heavy atom. The van der Waals surface area contributed by atoms with Gasteiger partial charge < -0.3 is 5.32 Å². The van der Waals surface area contributed by atoms with Crippen molar-refractivity contribution >= 4 is 28.1 Å². The Morgan fingerprint density at radius 1 is 1.14 bits per heavy atom. The first-order valence-electron chi connectivity index (χ1n) is 9.10. The third kappa shape index (κ3) is 3.19. The quantitative estimate of drug-likeness (QED) is 0.590. The van der Waals surface area contributed by atoms with Gasteiger partial charge in [-0.3, -0.25) is 4.79 Å². The van der Waals surface area contributed by atoms with E-state index in [-0.39, 0.29) is 5.91 Å². The molecule has 0 fully saturated rings. The molecular formula is C22H19N5O. The van der Waals surface area contributed by atoms with Crippen LogP contribution in [0, 0.1) is 25.2 Å². The van der Waals surface area contributed by atoms with Gasteiger partial charge in [0.1, 0.15) is 0 Å². The Balaban J connectivity index is 1.55. The lowest BCUT2D eigenvalue weighted by Crippen LogP contribution is -2.14. The largest absolute Gasteiger partial charge is 0.326 e. The Bertz CT molecular complexity index is 1230. The number of fused-ring (bicyclic) bond motifs is 3. The van der Waals surface area contributed by atoms with Crippen LogP contribution in [-0.2, 0) is 11.2 Å². The molecule has 0 unspecified atom stereocenters. The summed E-state index contributed by atoms with van der Waals surface area (Å²) in [5, 5.41) is 17.4. The third-order valence-corrected chi connectivity index (χ3v) is 4.92. The Morgan fingerprint density at radius 2 is 1.89 bits per heavy atom. The van der Waals surface area contributed by atoms with Crippen molar-refractivity contribution in [3.63, 3.8) is 0 Å². The van der Waals surface area contributed by atoms with Crippen LogP contribution in [0.15, 0.2) is 48.5 Å². The summed E-state index contributed by atoms with van der Waals surface area (Å²) in [4.78, 5) is 17.1. The van der Waals surface area contributed by atoms with Crippen LogP contribution in [0.4, 0.5) is 5.69 Å². The van der Waals surface area contributed by atoms with Crippen molar-refractivity contribution < 1.29 is 4.79 Å². The molecule has 28 heavy (non-hydrogen) atoms. The van der Waals surface area contributed by atoms with Crippen molar-refractivity contribution in [2.45, 2.75) is 26.7 Å². The van der Waals surface area contributed by atoms with E-state index >= 15 is 0 Å². The number of hydrogen-bond acceptors (Lipinski definition) is 4. The highest BCUT2D eigenvalue weighted by molar-refractivity contribution is 5.92. The van der Waals surface area contributed by atoms with E-state index in [0.717, 1.165) is 33.5 Å². The lowest BCUT2D eigenvalue weighted by Gasteiger charge is -2.11. The van der Waals surface area contributed by atoms with Gasteiger partial charge in [-0.15, -0.1) is 0 Å². The molecule has 0 saturated heterocycles. The van der Waals surface area contributed by atoms with Gasteiger partial charge in [-0.05, 0) is 62.2 Å². The molecule has 4 aromatic rings. The van der Waals surface area contributed by atoms with Crippen LogP contribution in [0.3, 0.4) is 0 Å². The molecule has 2 aromatic carbocycles. The zero-order valence-electron chi connectivity index (χ0n) is 15.7. The number of aryl methyl sites for hydroxylation is 2. The molecule has 2 aromatic heterocycles. The number of rotatable bonds is 4. The molecule has 6 heteroatoms. The van der Waals surface area contributed by atoms with E-state index < -0.39 is 0 Å². The van der Waals surface area contributed by atoms with Crippen molar-refractivity contribution in [2.24, 2.45) is 0 Å². The first-order valence-corrected chi connectivity index (χ1v) is 9.10. The van der Waals surface area contributed by atoms with Crippen LogP contribution in [0.5, 0.6) is 0 Å². The minimum absolute atomic E-state index is 0.0748. The lowest BCUT2D eigenvalue weighted by molar-refractivity contribution is -0.116. The predicted molar refractivity (Wildman–Crippen MR) is 108 cm³/mol. The van der Waals surface area contributed by atoms with Gasteiger partial charge in [0.15, 0.2) is 5.65 Å². The minimum Gasteiger partial charge on any atom is -0.326 e. The van der Waals surface area contributed by atoms with Gasteiger partial charge in [0.05, 0.1) is 17.1 Å². The van der Waals surface area contributed by atoms with Gasteiger partial charge in [-0.2, -0.15) is 10.4 Å². The van der Waals surface area contributed by atoms with Crippen LogP contribution in [0.25, 0.3) is 16.6 Å². The maximum atomic E-state index is 12.3. The van der Waals surface area contributed by atoms with Gasteiger partial charge in [0, 0.05) is 28.9 Å². The van der Waals surface area contributed by atoms with E-state index in [0.29, 0.717) is 24.1 Å². The number of nitriles is 1. The second-order valence-corrected chi connectivity index (χ2v) is 6.75. The molecule has 0 aliphatic rings. The highest BCUT2D eigenvalue weighted by atomic mass is 16.1. The fourth-order valence-electron chi connectivity index (χ4n) is 3.43. The molecule has 0 saturated carbocycles. The zero-order chi connectivity index (χ0) is 19.7. The molecule has 0 aliphatic heterocycles. The molecule has 0 spiro atoms. The van der Waals surface area contributed by atoms with E-state index in [1.807, 2.05) is 42.6 Å². The normalized spacial score (nSPS) is 10.9. The summed E-state index contributed by atoms with van der Waals surface area (Å²) < 4.78 is 1.87. The first-order chi connectivity index (χ1) is 13.6. The highest BCUT2D eigenvalue weighted by Crippen LogP contribution is 2.23. The molecule has 1 amide bonds. The summed E-state index contributed by atoms with van der Waals surface area (Å²) in [6, 6.07) is 16.8. The minimum atomic E-state index is -0.0748. The molecule has 4 rings (SSSR count). The molecule has 0 radical (unpaired) electrons. The highest BCUT2D eigenvalue weighted by Gasteiger charge is 2.15. The number of carbonyl (C=O) groups is 1. The molecule has 0 bridgehead atoms. The number of aromatic nitrogens is 3. The van der Waals surface area contributed by atoms with Crippen LogP contribution < -0.4 is 5.32 Å². The third-order valence-electron chi connectivity index (χ3n) is 4.92. The Kier molecular flexibility index (Phi) is 4.50. The van der Waals surface area contributed by atoms with Crippen LogP contribution >= 0.6 is 0 Å². The summed E-state index contributed by atoms with van der Waals surface area (Å²) in [5.74, 6) is -0.0748. The van der Waals surface area contributed by atoms with Gasteiger partial charge in [-0.1, -0.05) is 12.1 Å². The summed E-state index contributed by atoms with van der Waals surface area (Å²) in [6.07, 6.45) is 0.925. The summed E-state index contributed by atoms with van der Waals surface area (Å²) in [7, 11) is 0. The van der Waals surface area contributed by atoms with Crippen molar-refractivity contribution in [1.82, 2.24) is 14.6 Å². The van der Waals surface area contributed by atoms with Gasteiger partial charge >= 0.3 is 0 Å². The molecule has 0 atom stereocenters. The molecular weight excluding hydrogens is 350 g/mol. The van der Waals surface area contributed by atoms with Gasteiger partial charge in [-0.25, -0.2) is 9.50 Å². The number of hydrogen-bond donors (Lipinski definition) is 1. The maximum absolute atomic E-state index is 12.3. The summed E-state index contributed by atoms with van der Waals surface area (Å²) >= 11 is 0. The van der Waals surface area contributed by atoms with E-state index in [4.69, 9.17) is 10.2 Å². The fraction of sp³-hybridized carbons (Fsp3) is 0.182. The summed E-state index contributed by atoms with van der Waals surface area (Å²) in [6.45, 7) is 3.99. The number of benzene rings is 2. The van der Waals surface area contributed by atoms with Crippen molar-refractivity contribution in [3.8, 4) is 6.07 Å². The average Bonchev–Trinajstić information content (AvgIpc) is 3.07. The first kappa shape index (κ1) is 17.7. The number of nitrogens with zero attached hydrogens (tertiary/aromatic N) is 4. The van der Waals surface area contributed by atoms with E-state index in [1.165, 1.54) is 0 Å². The van der Waals surface area contributed by atoms with Crippen molar-refractivity contribution in [2.75, 3.05) is 5.32 Å². The molecule has 0 aliphatic carbocycles. The monoisotopic (exact) mass is 369 g/mol.